The third-order valence-electron chi connectivity index (χ3n) is 8.83. The molecule has 0 saturated carbocycles. The van der Waals surface area contributed by atoms with Crippen LogP contribution in [0.1, 0.15) is 59.9 Å². The number of phenols is 1. The first-order valence-corrected chi connectivity index (χ1v) is 15.6. The second-order valence-electron chi connectivity index (χ2n) is 11.7. The normalized spacial score (nSPS) is 14.6. The molecule has 3 heterocycles. The Labute approximate surface area is 262 Å². The number of nitrogens with zero attached hydrogens (tertiary/aromatic N) is 4. The summed E-state index contributed by atoms with van der Waals surface area (Å²) < 4.78 is 14.4. The van der Waals surface area contributed by atoms with Gasteiger partial charge in [0.25, 0.3) is 5.91 Å². The summed E-state index contributed by atoms with van der Waals surface area (Å²) in [7, 11) is 0. The summed E-state index contributed by atoms with van der Waals surface area (Å²) in [5.74, 6) is -0.467. The molecule has 1 aliphatic heterocycles. The van der Waals surface area contributed by atoms with Crippen molar-refractivity contribution in [1.82, 2.24) is 25.2 Å². The van der Waals surface area contributed by atoms with Crippen LogP contribution in [-0.4, -0.2) is 63.1 Å². The van der Waals surface area contributed by atoms with Gasteiger partial charge >= 0.3 is 0 Å². The molecule has 0 radical (unpaired) electrons. The van der Waals surface area contributed by atoms with Crippen molar-refractivity contribution in [1.29, 1.82) is 0 Å². The Bertz CT molecular complexity index is 1760. The second kappa shape index (κ2) is 13.1. The molecule has 8 nitrogen and oxygen atoms in total. The van der Waals surface area contributed by atoms with E-state index in [0.717, 1.165) is 66.7 Å². The minimum absolute atomic E-state index is 0.115. The highest BCUT2D eigenvalue weighted by molar-refractivity contribution is 5.96. The summed E-state index contributed by atoms with van der Waals surface area (Å²) in [5.41, 5.74) is 4.75. The van der Waals surface area contributed by atoms with Gasteiger partial charge in [0.15, 0.2) is 5.82 Å². The van der Waals surface area contributed by atoms with Crippen LogP contribution in [0.3, 0.4) is 0 Å². The number of fused-ring (bicyclic) bond motifs is 1. The fourth-order valence-corrected chi connectivity index (χ4v) is 6.45. The number of aromatic amines is 1. The van der Waals surface area contributed by atoms with Crippen LogP contribution in [0.5, 0.6) is 5.75 Å². The molecule has 0 bridgehead atoms. The van der Waals surface area contributed by atoms with Crippen LogP contribution in [0.25, 0.3) is 22.3 Å². The highest BCUT2D eigenvalue weighted by Gasteiger charge is 2.25. The monoisotopic (exact) mass is 606 g/mol. The van der Waals surface area contributed by atoms with Crippen molar-refractivity contribution >= 4 is 22.5 Å². The number of amides is 1. The average Bonchev–Trinajstić information content (AvgIpc) is 3.50. The highest BCUT2D eigenvalue weighted by Crippen LogP contribution is 2.32. The van der Waals surface area contributed by atoms with Crippen molar-refractivity contribution in [3.05, 3.63) is 107 Å². The average molecular weight is 607 g/mol. The molecule has 45 heavy (non-hydrogen) atoms. The summed E-state index contributed by atoms with van der Waals surface area (Å²) in [5, 5.41) is 14.6. The van der Waals surface area contributed by atoms with Crippen molar-refractivity contribution in [3.63, 3.8) is 0 Å². The highest BCUT2D eigenvalue weighted by atomic mass is 19.1. The van der Waals surface area contributed by atoms with E-state index in [9.17, 15) is 14.3 Å². The number of hydrogen-bond acceptors (Lipinski definition) is 6. The van der Waals surface area contributed by atoms with E-state index in [1.54, 1.807) is 12.1 Å². The Morgan fingerprint density at radius 2 is 1.78 bits per heavy atom. The van der Waals surface area contributed by atoms with Crippen LogP contribution in [0.2, 0.25) is 0 Å². The van der Waals surface area contributed by atoms with E-state index < -0.39 is 11.9 Å². The van der Waals surface area contributed by atoms with Gasteiger partial charge in [-0.15, -0.1) is 0 Å². The SMILES string of the molecule is CCN(CC)C1CCN(c2cnc(-c3cc(C)cc(C(=O)N[C@@H](c4cc5ccccc5[nH]4)c4cc(F)ccc4O)c3)nc2)CC1. The van der Waals surface area contributed by atoms with Crippen LogP contribution in [0.15, 0.2) is 79.1 Å². The number of H-pyrrole nitrogens is 1. The molecule has 0 aliphatic carbocycles. The zero-order chi connectivity index (χ0) is 31.5. The molecular formula is C36H39FN6O2. The topological polar surface area (TPSA) is 97.4 Å². The lowest BCUT2D eigenvalue weighted by molar-refractivity contribution is 0.0942. The van der Waals surface area contributed by atoms with Crippen molar-refractivity contribution in [3.8, 4) is 17.1 Å². The molecule has 1 atom stereocenters. The first-order chi connectivity index (χ1) is 21.8. The first-order valence-electron chi connectivity index (χ1n) is 15.6. The number of phenolic OH excluding ortho intramolecular Hbond substituents is 1. The van der Waals surface area contributed by atoms with E-state index >= 15 is 0 Å². The fraction of sp³-hybridized carbons (Fsp3) is 0.306. The number of hydrogen-bond donors (Lipinski definition) is 3. The van der Waals surface area contributed by atoms with Crippen molar-refractivity contribution in [2.75, 3.05) is 31.1 Å². The maximum absolute atomic E-state index is 14.4. The number of nitrogens with one attached hydrogen (secondary N) is 2. The molecule has 1 saturated heterocycles. The number of piperidine rings is 1. The number of carbonyl (C=O) groups is 1. The molecule has 1 aliphatic rings. The van der Waals surface area contributed by atoms with E-state index in [1.165, 1.54) is 18.2 Å². The Hall–Kier alpha value is -4.76. The third-order valence-corrected chi connectivity index (χ3v) is 8.83. The summed E-state index contributed by atoms with van der Waals surface area (Å²) in [6.07, 6.45) is 5.96. The van der Waals surface area contributed by atoms with Gasteiger partial charge in [0.05, 0.1) is 24.1 Å². The third kappa shape index (κ3) is 6.54. The Morgan fingerprint density at radius 1 is 1.04 bits per heavy atom. The van der Waals surface area contributed by atoms with Crippen LogP contribution in [-0.2, 0) is 0 Å². The van der Waals surface area contributed by atoms with E-state index in [0.29, 0.717) is 23.1 Å². The number of aromatic nitrogens is 3. The van der Waals surface area contributed by atoms with Gasteiger partial charge in [-0.05, 0) is 92.3 Å². The number of benzene rings is 3. The molecule has 5 aromatic rings. The molecular weight excluding hydrogens is 567 g/mol. The number of aryl methyl sites for hydroxylation is 1. The maximum atomic E-state index is 14.4. The van der Waals surface area contributed by atoms with Gasteiger partial charge in [-0.1, -0.05) is 32.0 Å². The zero-order valence-corrected chi connectivity index (χ0v) is 25.9. The molecule has 2 aromatic heterocycles. The van der Waals surface area contributed by atoms with Gasteiger partial charge in [0.2, 0.25) is 0 Å². The number of aromatic hydroxyl groups is 1. The van der Waals surface area contributed by atoms with Crippen LogP contribution in [0, 0.1) is 12.7 Å². The van der Waals surface area contributed by atoms with Crippen LogP contribution < -0.4 is 10.2 Å². The number of para-hydroxylation sites is 1. The molecule has 232 valence electrons. The fourth-order valence-electron chi connectivity index (χ4n) is 6.45. The quantitative estimate of drug-likeness (QED) is 0.175. The molecule has 6 rings (SSSR count). The standard InChI is InChI=1S/C36H39FN6O2/c1-4-42(5-2)28-12-14-43(15-13-28)29-21-38-35(39-22-29)25-16-23(3)17-26(18-25)36(45)41-34(30-20-27(37)10-11-33(30)44)32-19-24-8-6-7-9-31(24)40-32/h6-11,16-22,28,34,40,44H,4-5,12-15H2,1-3H3,(H,41,45)/t34-/m1/s1. The Kier molecular flexibility index (Phi) is 8.80. The molecule has 3 N–H and O–H groups in total. The second-order valence-corrected chi connectivity index (χ2v) is 11.7. The maximum Gasteiger partial charge on any atom is 0.252 e. The van der Waals surface area contributed by atoms with Crippen LogP contribution in [0.4, 0.5) is 10.1 Å². The molecule has 1 amide bonds. The summed E-state index contributed by atoms with van der Waals surface area (Å²) in [4.78, 5) is 31.3. The van der Waals surface area contributed by atoms with Gasteiger partial charge in [0, 0.05) is 47.0 Å². The number of anilines is 1. The van der Waals surface area contributed by atoms with Gasteiger partial charge in [-0.2, -0.15) is 0 Å². The Morgan fingerprint density at radius 3 is 2.49 bits per heavy atom. The molecule has 1 fully saturated rings. The number of halogens is 1. The van der Waals surface area contributed by atoms with E-state index in [-0.39, 0.29) is 17.2 Å². The van der Waals surface area contributed by atoms with Gasteiger partial charge in [0.1, 0.15) is 11.6 Å². The lowest BCUT2D eigenvalue weighted by Gasteiger charge is -2.38. The molecule has 0 spiro atoms. The predicted molar refractivity (Wildman–Crippen MR) is 176 cm³/mol. The van der Waals surface area contributed by atoms with Gasteiger partial charge < -0.3 is 25.2 Å². The van der Waals surface area contributed by atoms with E-state index in [2.05, 4.69) is 43.9 Å². The zero-order valence-electron chi connectivity index (χ0n) is 25.9. The van der Waals surface area contributed by atoms with Gasteiger partial charge in [-0.3, -0.25) is 4.79 Å². The molecule has 0 unspecified atom stereocenters. The lowest BCUT2D eigenvalue weighted by Crippen LogP contribution is -2.44. The number of carbonyl (C=O) groups excluding carboxylic acids is 1. The predicted octanol–water partition coefficient (Wildman–Crippen LogP) is 6.61. The van der Waals surface area contributed by atoms with E-state index in [1.807, 2.05) is 55.7 Å². The van der Waals surface area contributed by atoms with Crippen molar-refractivity contribution in [2.45, 2.75) is 45.7 Å². The van der Waals surface area contributed by atoms with Gasteiger partial charge in [-0.25, -0.2) is 14.4 Å². The first kappa shape index (κ1) is 30.3. The summed E-state index contributed by atoms with van der Waals surface area (Å²) in [6, 6.07) is 18.6. The Balaban J connectivity index is 1.23. The minimum atomic E-state index is -0.828. The van der Waals surface area contributed by atoms with E-state index in [4.69, 9.17) is 0 Å². The van der Waals surface area contributed by atoms with Crippen LogP contribution >= 0.6 is 0 Å². The summed E-state index contributed by atoms with van der Waals surface area (Å²) >= 11 is 0. The van der Waals surface area contributed by atoms with Crippen molar-refractivity contribution < 1.29 is 14.3 Å². The molecule has 3 aromatic carbocycles. The lowest BCUT2D eigenvalue weighted by atomic mass is 10.0. The molecule has 9 heteroatoms. The van der Waals surface area contributed by atoms with Crippen molar-refractivity contribution in [2.24, 2.45) is 0 Å². The number of rotatable bonds is 9. The summed E-state index contributed by atoms with van der Waals surface area (Å²) in [6.45, 7) is 10.5. The largest absolute Gasteiger partial charge is 0.508 e. The smallest absolute Gasteiger partial charge is 0.252 e. The minimum Gasteiger partial charge on any atom is -0.508 e.